The molecular weight excluding hydrogens is 454 g/mol. The van der Waals surface area contributed by atoms with Crippen LogP contribution in [0.2, 0.25) is 0 Å². The molecule has 6 N–H and O–H groups in total. The number of nitrogens with zero attached hydrogens (tertiary/aromatic N) is 2. The molecule has 10 heteroatoms. The molecule has 4 rings (SSSR count). The fourth-order valence-corrected chi connectivity index (χ4v) is 4.30. The molecule has 2 heterocycles. The Balaban J connectivity index is 1.82. The summed E-state index contributed by atoms with van der Waals surface area (Å²) >= 11 is 0. The minimum Gasteiger partial charge on any atom is -0.494 e. The van der Waals surface area contributed by atoms with Gasteiger partial charge in [0.15, 0.2) is 5.79 Å². The van der Waals surface area contributed by atoms with Crippen LogP contribution >= 0.6 is 0 Å². The maximum Gasteiger partial charge on any atom is 0.354 e. The standard InChI is InChI=1S/C25H29N3O7/c1-2-34-18-6-3-15(4-7-18)23(31)20-11-16(25(33)13-17(30)12-19(14-29)35-25)5-8-21(20)28-10-9-22(26)27-24(28)32/h3-11,17,19,23,29-31,33H,2,12-14H2,1H3,(H2,26,27,32)/t17?,19?,23?,25-/m1/s1. The molecule has 0 radical (unpaired) electrons. The van der Waals surface area contributed by atoms with Gasteiger partial charge in [0.2, 0.25) is 0 Å². The van der Waals surface area contributed by atoms with E-state index < -0.39 is 29.8 Å². The SMILES string of the molecule is CCOc1ccc(C(O)c2cc([C@@]3(O)CC(O)CC(CO)O3)ccc2-n2ccc(N)nc2=O)cc1. The second kappa shape index (κ2) is 10.1. The van der Waals surface area contributed by atoms with Gasteiger partial charge in [0.25, 0.3) is 0 Å². The van der Waals surface area contributed by atoms with Crippen molar-refractivity contribution in [3.63, 3.8) is 0 Å². The van der Waals surface area contributed by atoms with Crippen molar-refractivity contribution >= 4 is 5.82 Å². The highest BCUT2D eigenvalue weighted by molar-refractivity contribution is 5.49. The molecule has 4 atom stereocenters. The molecule has 0 saturated carbocycles. The van der Waals surface area contributed by atoms with Crippen molar-refractivity contribution in [3.05, 3.63) is 81.9 Å². The number of nitrogens with two attached hydrogens (primary N) is 1. The van der Waals surface area contributed by atoms with Gasteiger partial charge in [-0.1, -0.05) is 18.2 Å². The Morgan fingerprint density at radius 3 is 2.66 bits per heavy atom. The van der Waals surface area contributed by atoms with Crippen LogP contribution in [0.25, 0.3) is 5.69 Å². The Labute approximate surface area is 201 Å². The zero-order valence-electron chi connectivity index (χ0n) is 19.2. The van der Waals surface area contributed by atoms with Crippen LogP contribution in [0.5, 0.6) is 5.75 Å². The van der Waals surface area contributed by atoms with E-state index in [9.17, 15) is 25.2 Å². The number of anilines is 1. The summed E-state index contributed by atoms with van der Waals surface area (Å²) in [4.78, 5) is 16.3. The van der Waals surface area contributed by atoms with Crippen LogP contribution in [0.3, 0.4) is 0 Å². The Bertz CT molecular complexity index is 1230. The van der Waals surface area contributed by atoms with E-state index in [4.69, 9.17) is 15.2 Å². The van der Waals surface area contributed by atoms with Gasteiger partial charge in [0, 0.05) is 30.2 Å². The molecule has 1 aliphatic rings. The Morgan fingerprint density at radius 1 is 1.26 bits per heavy atom. The largest absolute Gasteiger partial charge is 0.494 e. The lowest BCUT2D eigenvalue weighted by molar-refractivity contribution is -0.286. The van der Waals surface area contributed by atoms with Gasteiger partial charge in [-0.2, -0.15) is 4.98 Å². The summed E-state index contributed by atoms with van der Waals surface area (Å²) in [5, 5.41) is 42.4. The van der Waals surface area contributed by atoms with E-state index in [0.717, 1.165) is 0 Å². The Hall–Kier alpha value is -3.28. The molecule has 1 saturated heterocycles. The molecule has 3 unspecified atom stereocenters. The van der Waals surface area contributed by atoms with Crippen LogP contribution in [0.1, 0.15) is 42.6 Å². The highest BCUT2D eigenvalue weighted by atomic mass is 16.6. The quantitative estimate of drug-likeness (QED) is 0.330. The summed E-state index contributed by atoms with van der Waals surface area (Å²) in [5.74, 6) is -1.20. The zero-order chi connectivity index (χ0) is 25.2. The Morgan fingerprint density at radius 2 is 2.00 bits per heavy atom. The molecular formula is C25H29N3O7. The fourth-order valence-electron chi connectivity index (χ4n) is 4.30. The lowest BCUT2D eigenvalue weighted by Crippen LogP contribution is -2.45. The van der Waals surface area contributed by atoms with Gasteiger partial charge in [-0.3, -0.25) is 4.57 Å². The smallest absolute Gasteiger partial charge is 0.354 e. The average Bonchev–Trinajstić information content (AvgIpc) is 2.83. The van der Waals surface area contributed by atoms with Gasteiger partial charge in [0.1, 0.15) is 17.7 Å². The van der Waals surface area contributed by atoms with E-state index >= 15 is 0 Å². The number of nitrogen functional groups attached to an aromatic ring is 1. The van der Waals surface area contributed by atoms with E-state index in [1.54, 1.807) is 36.4 Å². The lowest BCUT2D eigenvalue weighted by atomic mass is 9.89. The number of hydrogen-bond donors (Lipinski definition) is 5. The number of benzene rings is 2. The minimum atomic E-state index is -1.90. The maximum absolute atomic E-state index is 12.6. The predicted molar refractivity (Wildman–Crippen MR) is 127 cm³/mol. The summed E-state index contributed by atoms with van der Waals surface area (Å²) in [6.07, 6.45) is -1.34. The molecule has 0 bridgehead atoms. The number of hydrogen-bond acceptors (Lipinski definition) is 9. The number of ether oxygens (including phenoxy) is 2. The first-order chi connectivity index (χ1) is 16.7. The normalized spacial score (nSPS) is 23.1. The van der Waals surface area contributed by atoms with E-state index in [1.807, 2.05) is 6.92 Å². The number of aromatic nitrogens is 2. The second-order valence-electron chi connectivity index (χ2n) is 8.48. The molecule has 35 heavy (non-hydrogen) atoms. The van der Waals surface area contributed by atoms with Crippen LogP contribution in [0.4, 0.5) is 5.82 Å². The van der Waals surface area contributed by atoms with Crippen molar-refractivity contribution in [2.45, 2.75) is 43.9 Å². The van der Waals surface area contributed by atoms with E-state index in [2.05, 4.69) is 4.98 Å². The molecule has 0 spiro atoms. The molecule has 10 nitrogen and oxygen atoms in total. The number of rotatable bonds is 7. The summed E-state index contributed by atoms with van der Waals surface area (Å²) in [5.41, 5.74) is 6.39. The lowest BCUT2D eigenvalue weighted by Gasteiger charge is -2.39. The topological polar surface area (TPSA) is 160 Å². The van der Waals surface area contributed by atoms with Gasteiger partial charge in [0.05, 0.1) is 31.1 Å². The van der Waals surface area contributed by atoms with Crippen molar-refractivity contribution < 1.29 is 29.9 Å². The average molecular weight is 484 g/mol. The summed E-state index contributed by atoms with van der Waals surface area (Å²) in [7, 11) is 0. The third-order valence-electron chi connectivity index (χ3n) is 5.98. The molecule has 1 fully saturated rings. The fraction of sp³-hybridized carbons (Fsp3) is 0.360. The van der Waals surface area contributed by atoms with Crippen molar-refractivity contribution in [2.75, 3.05) is 18.9 Å². The highest BCUT2D eigenvalue weighted by Gasteiger charge is 2.41. The van der Waals surface area contributed by atoms with Gasteiger partial charge in [-0.25, -0.2) is 4.79 Å². The monoisotopic (exact) mass is 483 g/mol. The molecule has 1 aliphatic heterocycles. The van der Waals surface area contributed by atoms with Crippen molar-refractivity contribution in [1.82, 2.24) is 9.55 Å². The van der Waals surface area contributed by atoms with E-state index in [1.165, 1.54) is 22.9 Å². The third-order valence-corrected chi connectivity index (χ3v) is 5.98. The van der Waals surface area contributed by atoms with Gasteiger partial charge in [-0.05, 0) is 42.8 Å². The summed E-state index contributed by atoms with van der Waals surface area (Å²) in [6.45, 7) is 2.00. The van der Waals surface area contributed by atoms with Crippen LogP contribution in [0.15, 0.2) is 59.5 Å². The predicted octanol–water partition coefficient (Wildman–Crippen LogP) is 0.972. The van der Waals surface area contributed by atoms with Crippen molar-refractivity contribution in [3.8, 4) is 11.4 Å². The third kappa shape index (κ3) is 5.21. The van der Waals surface area contributed by atoms with E-state index in [-0.39, 0.29) is 36.4 Å². The molecule has 2 aromatic carbocycles. The molecule has 3 aromatic rings. The van der Waals surface area contributed by atoms with Gasteiger partial charge >= 0.3 is 5.69 Å². The van der Waals surface area contributed by atoms with Crippen molar-refractivity contribution in [1.29, 1.82) is 0 Å². The molecule has 0 amide bonds. The van der Waals surface area contributed by atoms with Gasteiger partial charge in [-0.15, -0.1) is 0 Å². The van der Waals surface area contributed by atoms with E-state index in [0.29, 0.717) is 23.6 Å². The van der Waals surface area contributed by atoms with Gasteiger partial charge < -0.3 is 35.6 Å². The van der Waals surface area contributed by atoms with Crippen LogP contribution in [-0.2, 0) is 10.5 Å². The minimum absolute atomic E-state index is 0.0606. The van der Waals surface area contributed by atoms with Crippen LogP contribution in [0, 0.1) is 0 Å². The summed E-state index contributed by atoms with van der Waals surface area (Å²) < 4.78 is 12.4. The zero-order valence-corrected chi connectivity index (χ0v) is 19.2. The summed E-state index contributed by atoms with van der Waals surface area (Å²) in [6, 6.07) is 12.9. The molecule has 186 valence electrons. The highest BCUT2D eigenvalue weighted by Crippen LogP contribution is 2.38. The first-order valence-electron chi connectivity index (χ1n) is 11.3. The molecule has 0 aliphatic carbocycles. The number of aliphatic hydroxyl groups is 4. The first kappa shape index (κ1) is 24.8. The van der Waals surface area contributed by atoms with Crippen LogP contribution < -0.4 is 16.2 Å². The maximum atomic E-state index is 12.6. The van der Waals surface area contributed by atoms with Crippen molar-refractivity contribution in [2.24, 2.45) is 0 Å². The second-order valence-corrected chi connectivity index (χ2v) is 8.48. The van der Waals surface area contributed by atoms with Crippen LogP contribution in [-0.4, -0.2) is 55.4 Å². The Kier molecular flexibility index (Phi) is 7.20. The number of aliphatic hydroxyl groups excluding tert-OH is 3. The molecule has 1 aromatic heterocycles. The first-order valence-corrected chi connectivity index (χ1v) is 11.3.